The molecule has 39 heavy (non-hydrogen) atoms. The van der Waals surface area contributed by atoms with Gasteiger partial charge in [-0.1, -0.05) is 84.9 Å². The van der Waals surface area contributed by atoms with E-state index in [4.69, 9.17) is 14.4 Å². The second-order valence-corrected chi connectivity index (χ2v) is 10.4. The van der Waals surface area contributed by atoms with Crippen molar-refractivity contribution >= 4 is 60.3 Å². The lowest BCUT2D eigenvalue weighted by Gasteiger charge is -2.16. The highest BCUT2D eigenvalue weighted by Crippen LogP contribution is 2.43. The fourth-order valence-electron chi connectivity index (χ4n) is 6.58. The molecule has 2 heterocycles. The van der Waals surface area contributed by atoms with Gasteiger partial charge in [0.25, 0.3) is 0 Å². The molecular weight excluding hydrogens is 476 g/mol. The Hall–Kier alpha value is -5.02. The first-order chi connectivity index (χ1) is 19.3. The Bertz CT molecular complexity index is 2330. The van der Waals surface area contributed by atoms with Crippen LogP contribution in [-0.4, -0.2) is 9.97 Å². The van der Waals surface area contributed by atoms with Crippen molar-refractivity contribution in [2.24, 2.45) is 0 Å². The number of benzene rings is 6. The maximum absolute atomic E-state index is 6.45. The second kappa shape index (κ2) is 7.75. The minimum atomic E-state index is 0.750. The molecule has 0 atom stereocenters. The van der Waals surface area contributed by atoms with Crippen LogP contribution in [0.2, 0.25) is 0 Å². The first-order valence-electron chi connectivity index (χ1n) is 13.5. The minimum Gasteiger partial charge on any atom is -0.456 e. The quantitative estimate of drug-likeness (QED) is 0.224. The van der Waals surface area contributed by atoms with Crippen molar-refractivity contribution in [2.45, 2.75) is 12.8 Å². The van der Waals surface area contributed by atoms with E-state index in [1.165, 1.54) is 43.3 Å². The van der Waals surface area contributed by atoms with Crippen molar-refractivity contribution < 1.29 is 4.42 Å². The van der Waals surface area contributed by atoms with Gasteiger partial charge in [-0.2, -0.15) is 0 Å². The van der Waals surface area contributed by atoms with Gasteiger partial charge in [0.05, 0.1) is 11.2 Å². The van der Waals surface area contributed by atoms with E-state index < -0.39 is 0 Å². The van der Waals surface area contributed by atoms with Gasteiger partial charge in [-0.25, -0.2) is 9.97 Å². The van der Waals surface area contributed by atoms with Crippen LogP contribution in [-0.2, 0) is 6.42 Å². The molecule has 3 nitrogen and oxygen atoms in total. The Labute approximate surface area is 224 Å². The minimum absolute atomic E-state index is 0.750. The van der Waals surface area contributed by atoms with Gasteiger partial charge in [-0.15, -0.1) is 0 Å². The molecule has 182 valence electrons. The molecule has 0 fully saturated rings. The third kappa shape index (κ3) is 2.93. The molecule has 0 unspecified atom stereocenters. The van der Waals surface area contributed by atoms with Crippen LogP contribution in [0, 0.1) is 0 Å². The van der Waals surface area contributed by atoms with E-state index >= 15 is 0 Å². The summed E-state index contributed by atoms with van der Waals surface area (Å²) in [5.74, 6) is 0.750. The summed E-state index contributed by atoms with van der Waals surface area (Å²) in [7, 11) is 0. The number of fused-ring (bicyclic) bond motifs is 6. The van der Waals surface area contributed by atoms with Crippen molar-refractivity contribution in [1.29, 1.82) is 0 Å². The molecule has 0 aliphatic heterocycles. The lowest BCUT2D eigenvalue weighted by Crippen LogP contribution is -2.06. The Morgan fingerprint density at radius 2 is 1.41 bits per heavy atom. The number of hydrogen-bond donors (Lipinski definition) is 0. The highest BCUT2D eigenvalue weighted by atomic mass is 16.3. The van der Waals surface area contributed by atoms with Gasteiger partial charge < -0.3 is 4.42 Å². The second-order valence-electron chi connectivity index (χ2n) is 10.4. The number of hydrogen-bond acceptors (Lipinski definition) is 3. The summed E-state index contributed by atoms with van der Waals surface area (Å²) in [5.41, 5.74) is 7.40. The van der Waals surface area contributed by atoms with Crippen molar-refractivity contribution in [1.82, 2.24) is 9.97 Å². The summed E-state index contributed by atoms with van der Waals surface area (Å²) in [5, 5.41) is 9.86. The summed E-state index contributed by atoms with van der Waals surface area (Å²) in [6.45, 7) is 0. The highest BCUT2D eigenvalue weighted by molar-refractivity contribution is 6.31. The van der Waals surface area contributed by atoms with Crippen molar-refractivity contribution in [3.05, 3.63) is 114 Å². The van der Waals surface area contributed by atoms with Gasteiger partial charge in [0, 0.05) is 32.7 Å². The highest BCUT2D eigenvalue weighted by Gasteiger charge is 2.22. The summed E-state index contributed by atoms with van der Waals surface area (Å²) in [6.07, 6.45) is 4.23. The molecule has 0 saturated carbocycles. The lowest BCUT2D eigenvalue weighted by atomic mass is 9.87. The summed E-state index contributed by atoms with van der Waals surface area (Å²) >= 11 is 0. The maximum atomic E-state index is 6.45. The van der Waals surface area contributed by atoms with Gasteiger partial charge in [-0.3, -0.25) is 0 Å². The number of rotatable bonds is 2. The topological polar surface area (TPSA) is 38.9 Å². The molecule has 2 aromatic heterocycles. The first kappa shape index (κ1) is 21.0. The number of para-hydroxylation sites is 1. The van der Waals surface area contributed by atoms with Crippen LogP contribution in [0.15, 0.2) is 108 Å². The monoisotopic (exact) mass is 498 g/mol. The third-order valence-corrected chi connectivity index (χ3v) is 8.28. The molecule has 0 bridgehead atoms. The molecule has 3 heteroatoms. The van der Waals surface area contributed by atoms with E-state index in [2.05, 4.69) is 97.1 Å². The maximum Gasteiger partial charge on any atom is 0.160 e. The number of nitrogens with zero attached hydrogens (tertiary/aromatic N) is 2. The Balaban J connectivity index is 1.39. The molecule has 0 spiro atoms. The van der Waals surface area contributed by atoms with Crippen molar-refractivity contribution in [3.63, 3.8) is 0 Å². The average molecular weight is 499 g/mol. The van der Waals surface area contributed by atoms with E-state index in [9.17, 15) is 0 Å². The average Bonchev–Trinajstić information content (AvgIpc) is 3.38. The van der Waals surface area contributed by atoms with Crippen LogP contribution in [0.25, 0.3) is 82.9 Å². The van der Waals surface area contributed by atoms with Gasteiger partial charge >= 0.3 is 0 Å². The molecule has 0 radical (unpaired) electrons. The summed E-state index contributed by atoms with van der Waals surface area (Å²) in [6, 6.07) is 36.3. The normalized spacial score (nSPS) is 13.1. The van der Waals surface area contributed by atoms with Crippen LogP contribution in [0.1, 0.15) is 12.0 Å². The SMILES string of the molecule is C1=c2oc3cc4ccccc4c4c5ccc(-c6nc(-c7ccccc7)c7ccccc7n6)cc5c(c2c34)CC1. The van der Waals surface area contributed by atoms with E-state index in [1.54, 1.807) is 0 Å². The lowest BCUT2D eigenvalue weighted by molar-refractivity contribution is 0.580. The summed E-state index contributed by atoms with van der Waals surface area (Å²) in [4.78, 5) is 10.2. The van der Waals surface area contributed by atoms with E-state index in [1.807, 2.05) is 12.1 Å². The molecular formula is C36H22N2O. The van der Waals surface area contributed by atoms with Gasteiger partial charge in [0.2, 0.25) is 0 Å². The van der Waals surface area contributed by atoms with Crippen molar-refractivity contribution in [3.8, 4) is 22.6 Å². The molecule has 0 amide bonds. The van der Waals surface area contributed by atoms with Crippen molar-refractivity contribution in [2.75, 3.05) is 0 Å². The Morgan fingerprint density at radius 3 is 2.33 bits per heavy atom. The van der Waals surface area contributed by atoms with Crippen LogP contribution in [0.4, 0.5) is 0 Å². The van der Waals surface area contributed by atoms with Gasteiger partial charge in [0.15, 0.2) is 5.82 Å². The number of aromatic nitrogens is 2. The number of aryl methyl sites for hydroxylation is 1. The van der Waals surface area contributed by atoms with Crippen LogP contribution in [0.5, 0.6) is 0 Å². The standard InChI is InChI=1S/C36H22N2O/c1-2-9-21(10-3-1)35-27-13-6-7-15-29(27)37-36(38-35)23-17-18-26-28(19-23)25-14-8-16-30-33(25)34-31(39-30)20-22-11-4-5-12-24(22)32(26)34/h1-7,9-13,15-20H,8,14H2. The fourth-order valence-corrected chi connectivity index (χ4v) is 6.58. The summed E-state index contributed by atoms with van der Waals surface area (Å²) < 4.78 is 6.45. The zero-order chi connectivity index (χ0) is 25.5. The zero-order valence-corrected chi connectivity index (χ0v) is 21.1. The fraction of sp³-hybridized carbons (Fsp3) is 0.0556. The smallest absolute Gasteiger partial charge is 0.160 e. The third-order valence-electron chi connectivity index (χ3n) is 8.28. The zero-order valence-electron chi connectivity index (χ0n) is 21.1. The molecule has 1 aliphatic rings. The van der Waals surface area contributed by atoms with Crippen LogP contribution in [0.3, 0.4) is 0 Å². The van der Waals surface area contributed by atoms with Crippen LogP contribution >= 0.6 is 0 Å². The molecule has 0 saturated heterocycles. The number of furan rings is 1. The largest absolute Gasteiger partial charge is 0.456 e. The molecule has 1 aliphatic carbocycles. The molecule has 9 rings (SSSR count). The first-order valence-corrected chi connectivity index (χ1v) is 13.5. The van der Waals surface area contributed by atoms with E-state index in [0.29, 0.717) is 0 Å². The molecule has 8 aromatic rings. The van der Waals surface area contributed by atoms with Gasteiger partial charge in [-0.05, 0) is 64.2 Å². The van der Waals surface area contributed by atoms with Gasteiger partial charge in [0.1, 0.15) is 11.0 Å². The van der Waals surface area contributed by atoms with E-state index in [-0.39, 0.29) is 0 Å². The Kier molecular flexibility index (Phi) is 4.17. The Morgan fingerprint density at radius 1 is 0.590 bits per heavy atom. The predicted molar refractivity (Wildman–Crippen MR) is 161 cm³/mol. The molecule has 0 N–H and O–H groups in total. The molecule has 6 aromatic carbocycles. The van der Waals surface area contributed by atoms with Crippen LogP contribution < -0.4 is 5.42 Å². The van der Waals surface area contributed by atoms with E-state index in [0.717, 1.165) is 57.4 Å². The predicted octanol–water partition coefficient (Wildman–Crippen LogP) is 8.62.